The Kier molecular flexibility index (Phi) is 8.35. The van der Waals surface area contributed by atoms with Crippen LogP contribution in [0.15, 0.2) is 0 Å². The highest BCUT2D eigenvalue weighted by atomic mass is 35.6. The SMILES string of the molecule is FC(F)(F)C(F)(F)C(F)(F)C(F)(F)C(F)(F)C(F)(F)C(F)(F)C(F)(F)C(F)(F)[Si](Cl)(C(F)(F)F)C(F)(F)F. The first-order valence-electron chi connectivity index (χ1n) is 7.66. The molecule has 0 nitrogen and oxygen atoms in total. The van der Waals surface area contributed by atoms with Crippen LogP contribution in [0.3, 0.4) is 0 Å². The summed E-state index contributed by atoms with van der Waals surface area (Å²) in [5.74, 6) is -81.1. The van der Waals surface area contributed by atoms with E-state index in [-0.39, 0.29) is 0 Å². The smallest absolute Gasteiger partial charge is 0.202 e. The van der Waals surface area contributed by atoms with Crippen molar-refractivity contribution in [3.63, 3.8) is 0 Å². The van der Waals surface area contributed by atoms with Crippen LogP contribution in [0.25, 0.3) is 0 Å². The van der Waals surface area contributed by atoms with Crippen LogP contribution in [0.2, 0.25) is 0 Å². The fourth-order valence-corrected chi connectivity index (χ4v) is 4.07. The molecule has 0 heterocycles. The maximum Gasteiger partial charge on any atom is 0.479 e. The van der Waals surface area contributed by atoms with Crippen LogP contribution in [0.4, 0.5) is 110 Å². The number of alkyl halides is 25. The molecule has 0 unspecified atom stereocenters. The van der Waals surface area contributed by atoms with E-state index in [0.29, 0.717) is 0 Å². The summed E-state index contributed by atoms with van der Waals surface area (Å²) < 4.78 is 324. The van der Waals surface area contributed by atoms with Gasteiger partial charge < -0.3 is 0 Å². The molecule has 0 aromatic heterocycles. The lowest BCUT2D eigenvalue weighted by molar-refractivity contribution is -0.466. The third-order valence-corrected chi connectivity index (χ3v) is 9.07. The molecule has 0 spiro atoms. The molecule has 0 N–H and O–H groups in total. The topological polar surface area (TPSA) is 0 Å². The van der Waals surface area contributed by atoms with Crippen LogP contribution in [0.1, 0.15) is 0 Å². The Morgan fingerprint density at radius 2 is 0.474 bits per heavy atom. The van der Waals surface area contributed by atoms with Crippen molar-refractivity contribution < 1.29 is 110 Å². The van der Waals surface area contributed by atoms with E-state index in [1.165, 1.54) is 0 Å². The lowest BCUT2D eigenvalue weighted by Crippen LogP contribution is -2.81. The molecule has 0 rings (SSSR count). The Morgan fingerprint density at radius 1 is 0.289 bits per heavy atom. The van der Waals surface area contributed by atoms with Crippen molar-refractivity contribution in [3.8, 4) is 0 Å². The van der Waals surface area contributed by atoms with Crippen molar-refractivity contribution in [1.82, 2.24) is 0 Å². The monoisotopic (exact) mass is 670 g/mol. The van der Waals surface area contributed by atoms with E-state index < -0.39 is 72.2 Å². The molecule has 0 aliphatic rings. The highest BCUT2D eigenvalue weighted by molar-refractivity contribution is 7.23. The van der Waals surface area contributed by atoms with Crippen molar-refractivity contribution in [2.24, 2.45) is 0 Å². The number of hydrogen-bond acceptors (Lipinski definition) is 0. The van der Waals surface area contributed by atoms with Gasteiger partial charge in [-0.1, -0.05) is 0 Å². The Hall–Kier alpha value is -1.24. The standard InChI is InChI=1S/C11ClF25Si/c12-38(10(32,33)34,11(35,36)37)9(30,31)7(25,26)5(21,22)3(17,18)1(13,14)2(15,16)4(19,20)6(23,24)8(27,28)29. The summed E-state index contributed by atoms with van der Waals surface area (Å²) in [5, 5.41) is 0. The van der Waals surface area contributed by atoms with Crippen LogP contribution >= 0.6 is 11.1 Å². The number of rotatable bonds is 8. The van der Waals surface area contributed by atoms with Crippen molar-refractivity contribution in [2.45, 2.75) is 64.8 Å². The molecule has 0 saturated carbocycles. The van der Waals surface area contributed by atoms with Crippen molar-refractivity contribution in [1.29, 1.82) is 0 Å². The summed E-state index contributed by atoms with van der Waals surface area (Å²) in [6.45, 7) is 0. The second-order valence-electron chi connectivity index (χ2n) is 6.75. The molecule has 0 aromatic carbocycles. The molecule has 0 aliphatic carbocycles. The molecule has 0 amide bonds. The minimum atomic E-state index is -10.2. The summed E-state index contributed by atoms with van der Waals surface area (Å²) in [6.07, 6.45) is -8.16. The Balaban J connectivity index is 7.44. The molecule has 0 saturated heterocycles. The van der Waals surface area contributed by atoms with Crippen LogP contribution < -0.4 is 0 Å². The highest BCUT2D eigenvalue weighted by Gasteiger charge is 3.01. The molecule has 230 valence electrons. The zero-order valence-electron chi connectivity index (χ0n) is 15.8. The maximum atomic E-state index is 13.6. The van der Waals surface area contributed by atoms with Crippen molar-refractivity contribution >= 4 is 18.5 Å². The summed E-state index contributed by atoms with van der Waals surface area (Å²) in [5.41, 5.74) is -8.95. The summed E-state index contributed by atoms with van der Waals surface area (Å²) in [7, 11) is -10.2. The van der Waals surface area contributed by atoms with E-state index in [9.17, 15) is 110 Å². The summed E-state index contributed by atoms with van der Waals surface area (Å²) in [4.78, 5) is 0. The van der Waals surface area contributed by atoms with Gasteiger partial charge in [-0.2, -0.15) is 101 Å². The van der Waals surface area contributed by atoms with Gasteiger partial charge in [0.25, 0.3) is 0 Å². The van der Waals surface area contributed by atoms with E-state index in [2.05, 4.69) is 11.1 Å². The van der Waals surface area contributed by atoms with Gasteiger partial charge >= 0.3 is 72.2 Å². The second kappa shape index (κ2) is 8.63. The maximum absolute atomic E-state index is 13.6. The number of halogens is 26. The average molecular weight is 671 g/mol. The van der Waals surface area contributed by atoms with Gasteiger partial charge in [-0.15, -0.1) is 11.1 Å². The van der Waals surface area contributed by atoms with E-state index in [4.69, 9.17) is 0 Å². The average Bonchev–Trinajstić information content (AvgIpc) is 2.63. The van der Waals surface area contributed by atoms with Crippen LogP contribution in [0.5, 0.6) is 0 Å². The van der Waals surface area contributed by atoms with E-state index in [1.807, 2.05) is 0 Å². The predicted molar refractivity (Wildman–Crippen MR) is 69.3 cm³/mol. The van der Waals surface area contributed by atoms with Crippen molar-refractivity contribution in [3.05, 3.63) is 0 Å². The second-order valence-corrected chi connectivity index (χ2v) is 11.5. The van der Waals surface area contributed by atoms with E-state index >= 15 is 0 Å². The zero-order chi connectivity index (χ0) is 32.0. The van der Waals surface area contributed by atoms with Gasteiger partial charge in [-0.25, -0.2) is 8.78 Å². The van der Waals surface area contributed by atoms with Gasteiger partial charge in [-0.3, -0.25) is 0 Å². The molecule has 0 aromatic rings. The first kappa shape index (κ1) is 36.8. The van der Waals surface area contributed by atoms with E-state index in [1.54, 1.807) is 0 Å². The minimum Gasteiger partial charge on any atom is -0.202 e. The molecular weight excluding hydrogens is 671 g/mol. The van der Waals surface area contributed by atoms with Crippen LogP contribution in [-0.2, 0) is 0 Å². The zero-order valence-corrected chi connectivity index (χ0v) is 17.6. The summed E-state index contributed by atoms with van der Waals surface area (Å²) >= 11 is 3.41. The molecule has 27 heteroatoms. The van der Waals surface area contributed by atoms with Gasteiger partial charge in [0.15, 0.2) is 0 Å². The molecule has 0 atom stereocenters. The highest BCUT2D eigenvalue weighted by Crippen LogP contribution is 2.67. The van der Waals surface area contributed by atoms with Gasteiger partial charge in [0.1, 0.15) is 0 Å². The first-order valence-corrected chi connectivity index (χ1v) is 10.7. The number of hydrogen-bond donors (Lipinski definition) is 0. The Bertz CT molecular complexity index is 857. The largest absolute Gasteiger partial charge is 0.479 e. The normalized spacial score (nSPS) is 17.2. The third kappa shape index (κ3) is 4.14. The van der Waals surface area contributed by atoms with Gasteiger partial charge in [-0.05, 0) is 0 Å². The van der Waals surface area contributed by atoms with Crippen LogP contribution in [0, 0.1) is 0 Å². The molecular formula is C11ClF25Si. The fraction of sp³-hybridized carbons (Fsp3) is 1.00. The first-order chi connectivity index (χ1) is 15.8. The third-order valence-electron chi connectivity index (χ3n) is 4.33. The van der Waals surface area contributed by atoms with Gasteiger partial charge in [0.05, 0.1) is 0 Å². The predicted octanol–water partition coefficient (Wildman–Crippen LogP) is 8.56. The Labute approximate surface area is 194 Å². The molecule has 0 radical (unpaired) electrons. The molecule has 0 fully saturated rings. The summed E-state index contributed by atoms with van der Waals surface area (Å²) in [6, 6.07) is 0. The molecule has 0 aliphatic heterocycles. The van der Waals surface area contributed by atoms with Gasteiger partial charge in [0, 0.05) is 0 Å². The van der Waals surface area contributed by atoms with E-state index in [0.717, 1.165) is 0 Å². The molecule has 0 bridgehead atoms. The van der Waals surface area contributed by atoms with Crippen molar-refractivity contribution in [2.75, 3.05) is 0 Å². The molecule has 38 heavy (non-hydrogen) atoms. The Morgan fingerprint density at radius 3 is 0.658 bits per heavy atom. The lowest BCUT2D eigenvalue weighted by atomic mass is 9.89. The van der Waals surface area contributed by atoms with Crippen LogP contribution in [-0.4, -0.2) is 72.2 Å². The quantitative estimate of drug-likeness (QED) is 0.138. The van der Waals surface area contributed by atoms with Gasteiger partial charge in [0.2, 0.25) is 0 Å². The minimum absolute atomic E-state index is 3.41. The fourth-order valence-electron chi connectivity index (χ4n) is 2.09. The lowest BCUT2D eigenvalue weighted by Gasteiger charge is -2.45.